The minimum absolute atomic E-state index is 0.0213. The van der Waals surface area contributed by atoms with E-state index in [1.807, 2.05) is 0 Å². The second-order valence-electron chi connectivity index (χ2n) is 3.19. The van der Waals surface area contributed by atoms with Gasteiger partial charge in [-0.2, -0.15) is 5.01 Å². The number of hydrogen-bond acceptors (Lipinski definition) is 5. The average molecular weight is 236 g/mol. The monoisotopic (exact) mass is 236 g/mol. The lowest BCUT2D eigenvalue weighted by molar-refractivity contribution is -0.384. The zero-order chi connectivity index (χ0) is 12.4. The van der Waals surface area contributed by atoms with Crippen LogP contribution >= 0.6 is 0 Å². The molecule has 1 aliphatic heterocycles. The van der Waals surface area contributed by atoms with E-state index in [2.05, 4.69) is 5.53 Å². The van der Waals surface area contributed by atoms with Gasteiger partial charge >= 0.3 is 6.09 Å². The molecule has 1 aromatic carbocycles. The molecule has 0 radical (unpaired) electrons. The zero-order valence-corrected chi connectivity index (χ0v) is 8.48. The summed E-state index contributed by atoms with van der Waals surface area (Å²) in [6.07, 6.45) is 1.67. The standard InChI is InChI=1S/C9H8N4O4/c14-9(15)12-6-5-11(10-12)7-1-3-8(4-2-7)13(16)17/h1-6,10H,(H,14,15). The maximum Gasteiger partial charge on any atom is 0.427 e. The maximum atomic E-state index is 10.6. The van der Waals surface area contributed by atoms with E-state index in [0.29, 0.717) is 5.69 Å². The molecule has 2 rings (SSSR count). The van der Waals surface area contributed by atoms with Crippen molar-refractivity contribution in [3.05, 3.63) is 46.8 Å². The molecule has 0 unspecified atom stereocenters. The molecule has 17 heavy (non-hydrogen) atoms. The highest BCUT2D eigenvalue weighted by Crippen LogP contribution is 2.20. The number of nitrogens with one attached hydrogen (secondary N) is 1. The first-order valence-corrected chi connectivity index (χ1v) is 4.58. The van der Waals surface area contributed by atoms with Crippen molar-refractivity contribution in [1.29, 1.82) is 0 Å². The van der Waals surface area contributed by atoms with E-state index in [0.717, 1.165) is 5.01 Å². The average Bonchev–Trinajstić information content (AvgIpc) is 2.78. The SMILES string of the molecule is O=C(O)N1C=CN(c2ccc([N+](=O)[O-])cc2)N1. The highest BCUT2D eigenvalue weighted by molar-refractivity contribution is 5.67. The Morgan fingerprint density at radius 2 is 1.94 bits per heavy atom. The van der Waals surface area contributed by atoms with Crippen molar-refractivity contribution in [2.45, 2.75) is 0 Å². The number of nitro groups is 1. The molecule has 2 N–H and O–H groups in total. The van der Waals surface area contributed by atoms with Crippen LogP contribution in [0.25, 0.3) is 0 Å². The summed E-state index contributed by atoms with van der Waals surface area (Å²) in [6, 6.07) is 5.71. The topological polar surface area (TPSA) is 99.0 Å². The molecule has 0 aromatic heterocycles. The van der Waals surface area contributed by atoms with Crippen molar-refractivity contribution in [3.8, 4) is 0 Å². The number of benzene rings is 1. The van der Waals surface area contributed by atoms with E-state index in [4.69, 9.17) is 5.11 Å². The van der Waals surface area contributed by atoms with Gasteiger partial charge in [-0.05, 0) is 12.1 Å². The molecule has 1 heterocycles. The number of non-ortho nitro benzene ring substituents is 1. The van der Waals surface area contributed by atoms with Gasteiger partial charge in [0.25, 0.3) is 5.69 Å². The second kappa shape index (κ2) is 4.10. The fourth-order valence-electron chi connectivity index (χ4n) is 1.30. The highest BCUT2D eigenvalue weighted by atomic mass is 16.6. The van der Waals surface area contributed by atoms with Crippen LogP contribution in [0.15, 0.2) is 36.7 Å². The van der Waals surface area contributed by atoms with Crippen LogP contribution in [-0.2, 0) is 0 Å². The van der Waals surface area contributed by atoms with Crippen LogP contribution in [0, 0.1) is 10.1 Å². The molecular weight excluding hydrogens is 228 g/mol. The van der Waals surface area contributed by atoms with E-state index >= 15 is 0 Å². The van der Waals surface area contributed by atoms with Crippen LogP contribution in [0.3, 0.4) is 0 Å². The predicted octanol–water partition coefficient (Wildman–Crippen LogP) is 1.29. The number of amides is 1. The Bertz CT molecular complexity index is 484. The van der Waals surface area contributed by atoms with Crippen molar-refractivity contribution in [1.82, 2.24) is 10.5 Å². The third-order valence-corrected chi connectivity index (χ3v) is 2.13. The van der Waals surface area contributed by atoms with Crippen molar-refractivity contribution in [2.75, 3.05) is 5.01 Å². The van der Waals surface area contributed by atoms with Gasteiger partial charge in [-0.15, -0.1) is 5.53 Å². The predicted molar refractivity (Wildman–Crippen MR) is 57.7 cm³/mol. The van der Waals surface area contributed by atoms with Gasteiger partial charge in [-0.1, -0.05) is 0 Å². The van der Waals surface area contributed by atoms with E-state index in [-0.39, 0.29) is 5.69 Å². The number of rotatable bonds is 2. The Morgan fingerprint density at radius 1 is 1.29 bits per heavy atom. The first-order valence-electron chi connectivity index (χ1n) is 4.58. The smallest absolute Gasteiger partial charge is 0.427 e. The Kier molecular flexibility index (Phi) is 2.63. The number of anilines is 1. The zero-order valence-electron chi connectivity index (χ0n) is 8.48. The Balaban J connectivity index is 2.12. The summed E-state index contributed by atoms with van der Waals surface area (Å²) in [5.41, 5.74) is 3.11. The van der Waals surface area contributed by atoms with Crippen LogP contribution in [0.2, 0.25) is 0 Å². The normalized spacial score (nSPS) is 14.1. The van der Waals surface area contributed by atoms with Gasteiger partial charge in [-0.25, -0.2) is 4.79 Å². The molecule has 8 nitrogen and oxygen atoms in total. The van der Waals surface area contributed by atoms with E-state index in [1.165, 1.54) is 41.7 Å². The van der Waals surface area contributed by atoms with Gasteiger partial charge < -0.3 is 5.11 Å². The lowest BCUT2D eigenvalue weighted by Gasteiger charge is -2.18. The minimum Gasteiger partial charge on any atom is -0.464 e. The van der Waals surface area contributed by atoms with Crippen LogP contribution in [0.5, 0.6) is 0 Å². The summed E-state index contributed by atoms with van der Waals surface area (Å²) in [7, 11) is 0. The Hall–Kier alpha value is -2.61. The highest BCUT2D eigenvalue weighted by Gasteiger charge is 2.18. The summed E-state index contributed by atoms with van der Waals surface area (Å²) in [5, 5.41) is 21.4. The molecule has 0 saturated heterocycles. The molecular formula is C9H8N4O4. The van der Waals surface area contributed by atoms with Crippen molar-refractivity contribution in [3.63, 3.8) is 0 Å². The molecule has 88 valence electrons. The molecule has 0 bridgehead atoms. The van der Waals surface area contributed by atoms with Gasteiger partial charge in [0.2, 0.25) is 0 Å². The summed E-state index contributed by atoms with van der Waals surface area (Å²) in [6.45, 7) is 0. The number of hydrazine groups is 2. The fraction of sp³-hybridized carbons (Fsp3) is 0. The Morgan fingerprint density at radius 3 is 2.41 bits per heavy atom. The summed E-state index contributed by atoms with van der Waals surface area (Å²) < 4.78 is 0. The van der Waals surface area contributed by atoms with Gasteiger partial charge in [0.1, 0.15) is 0 Å². The molecule has 0 spiro atoms. The van der Waals surface area contributed by atoms with E-state index in [9.17, 15) is 14.9 Å². The maximum absolute atomic E-state index is 10.6. The molecule has 1 aliphatic rings. The van der Waals surface area contributed by atoms with Crippen molar-refractivity contribution in [2.24, 2.45) is 0 Å². The molecule has 0 atom stereocenters. The fourth-order valence-corrected chi connectivity index (χ4v) is 1.30. The number of carboxylic acid groups (broad SMARTS) is 1. The molecule has 8 heteroatoms. The van der Waals surface area contributed by atoms with Gasteiger partial charge in [0.05, 0.1) is 10.6 Å². The molecule has 0 saturated carbocycles. The van der Waals surface area contributed by atoms with Crippen LogP contribution in [0.4, 0.5) is 16.2 Å². The summed E-state index contributed by atoms with van der Waals surface area (Å²) in [5.74, 6) is 0. The summed E-state index contributed by atoms with van der Waals surface area (Å²) >= 11 is 0. The Labute approximate surface area is 95.4 Å². The molecule has 0 aliphatic carbocycles. The van der Waals surface area contributed by atoms with Crippen LogP contribution in [-0.4, -0.2) is 21.1 Å². The third-order valence-electron chi connectivity index (χ3n) is 2.13. The number of hydrogen-bond donors (Lipinski definition) is 2. The summed E-state index contributed by atoms with van der Waals surface area (Å²) in [4.78, 5) is 20.6. The molecule has 1 aromatic rings. The van der Waals surface area contributed by atoms with Gasteiger partial charge in [0.15, 0.2) is 0 Å². The third kappa shape index (κ3) is 2.16. The number of nitrogens with zero attached hydrogens (tertiary/aromatic N) is 3. The van der Waals surface area contributed by atoms with Crippen LogP contribution in [0.1, 0.15) is 0 Å². The lowest BCUT2D eigenvalue weighted by Crippen LogP contribution is -2.41. The lowest BCUT2D eigenvalue weighted by atomic mass is 10.3. The number of nitro benzene ring substituents is 1. The first kappa shape index (κ1) is 10.9. The molecule has 1 amide bonds. The quantitative estimate of drug-likeness (QED) is 0.592. The molecule has 0 fully saturated rings. The van der Waals surface area contributed by atoms with E-state index in [1.54, 1.807) is 0 Å². The number of carbonyl (C=O) groups is 1. The van der Waals surface area contributed by atoms with Crippen molar-refractivity contribution < 1.29 is 14.8 Å². The first-order chi connectivity index (χ1) is 8.08. The van der Waals surface area contributed by atoms with E-state index < -0.39 is 11.0 Å². The largest absolute Gasteiger partial charge is 0.464 e. The van der Waals surface area contributed by atoms with Crippen LogP contribution < -0.4 is 10.5 Å². The van der Waals surface area contributed by atoms with Gasteiger partial charge in [-0.3, -0.25) is 15.1 Å². The van der Waals surface area contributed by atoms with Crippen molar-refractivity contribution >= 4 is 17.5 Å². The second-order valence-corrected chi connectivity index (χ2v) is 3.19. The van der Waals surface area contributed by atoms with Gasteiger partial charge in [0, 0.05) is 24.5 Å². The minimum atomic E-state index is -1.15.